The van der Waals surface area contributed by atoms with E-state index in [9.17, 15) is 35.2 Å². The summed E-state index contributed by atoms with van der Waals surface area (Å²) in [5, 5.41) is -0.916. The van der Waals surface area contributed by atoms with E-state index in [1.54, 1.807) is 0 Å². The highest BCUT2D eigenvalue weighted by Gasteiger charge is 2.41. The van der Waals surface area contributed by atoms with E-state index in [0.717, 1.165) is 23.1 Å². The van der Waals surface area contributed by atoms with E-state index in [-0.39, 0.29) is 29.3 Å². The van der Waals surface area contributed by atoms with E-state index >= 15 is 0 Å². The zero-order valence-electron chi connectivity index (χ0n) is 21.1. The second-order valence-electron chi connectivity index (χ2n) is 9.75. The van der Waals surface area contributed by atoms with Crippen LogP contribution in [0.15, 0.2) is 42.5 Å². The molecule has 212 valence electrons. The number of aromatic nitrogens is 1. The molecule has 14 heteroatoms. The van der Waals surface area contributed by atoms with Gasteiger partial charge in [0.05, 0.1) is 21.5 Å². The van der Waals surface area contributed by atoms with Gasteiger partial charge in [0.15, 0.2) is 0 Å². The van der Waals surface area contributed by atoms with Gasteiger partial charge in [-0.1, -0.05) is 11.6 Å². The van der Waals surface area contributed by atoms with Crippen molar-refractivity contribution in [1.82, 2.24) is 4.98 Å². The van der Waals surface area contributed by atoms with Crippen LogP contribution in [0.3, 0.4) is 0 Å². The van der Waals surface area contributed by atoms with Crippen molar-refractivity contribution in [2.75, 3.05) is 21.6 Å². The summed E-state index contributed by atoms with van der Waals surface area (Å²) in [6.45, 7) is 1.38. The minimum Gasteiger partial charge on any atom is -0.313 e. The quantitative estimate of drug-likeness (QED) is 0.278. The lowest BCUT2D eigenvalue weighted by Crippen LogP contribution is -2.45. The first kappa shape index (κ1) is 28.1. The Kier molecular flexibility index (Phi) is 6.94. The van der Waals surface area contributed by atoms with Gasteiger partial charge in [-0.15, -0.1) is 0 Å². The van der Waals surface area contributed by atoms with Crippen molar-refractivity contribution in [2.24, 2.45) is 0 Å². The first-order chi connectivity index (χ1) is 18.7. The summed E-state index contributed by atoms with van der Waals surface area (Å²) in [6, 6.07) is 6.38. The van der Waals surface area contributed by atoms with Gasteiger partial charge in [0.25, 0.3) is 0 Å². The van der Waals surface area contributed by atoms with Crippen molar-refractivity contribution in [3.8, 4) is 0 Å². The number of carbonyl (C=O) groups excluding carboxylic acids is 1. The van der Waals surface area contributed by atoms with Crippen molar-refractivity contribution in [1.29, 1.82) is 0 Å². The highest BCUT2D eigenvalue weighted by atomic mass is 35.5. The summed E-state index contributed by atoms with van der Waals surface area (Å²) < 4.78 is 96.7. The lowest BCUT2D eigenvalue weighted by atomic mass is 10.1. The van der Waals surface area contributed by atoms with E-state index in [1.165, 1.54) is 37.1 Å². The Morgan fingerprint density at radius 2 is 1.80 bits per heavy atom. The number of sulfonamides is 1. The number of hydrogen-bond donors (Lipinski definition) is 1. The largest absolute Gasteiger partial charge is 0.416 e. The summed E-state index contributed by atoms with van der Waals surface area (Å²) in [4.78, 5) is 20.2. The summed E-state index contributed by atoms with van der Waals surface area (Å²) in [5.74, 6) is -3.01. The van der Waals surface area contributed by atoms with Gasteiger partial charge < -0.3 is 9.80 Å². The van der Waals surface area contributed by atoms with Crippen molar-refractivity contribution in [3.05, 3.63) is 75.9 Å². The molecular formula is C26H22ClF5N4O3S. The molecular weight excluding hydrogens is 579 g/mol. The Hall–Kier alpha value is -3.45. The van der Waals surface area contributed by atoms with Crippen LogP contribution in [0.5, 0.6) is 0 Å². The fraction of sp³-hybridized carbons (Fsp3) is 0.308. The number of fused-ring (bicyclic) bond motifs is 1. The number of benzene rings is 2. The van der Waals surface area contributed by atoms with E-state index < -0.39 is 55.6 Å². The molecule has 40 heavy (non-hydrogen) atoms. The standard InChI is InChI=1S/C26H22ClF5N4O3S/c1-13-7-15(26(30,31)32)10-24(33-13)36-21-6-3-16(34-40(38,39)17-4-5-17)8-14(21)9-23(36)25(37)35(2)22-11-18(27)19(28)12-20(22)29/h3,6-8,10-12,17,23,34H,4-5,9H2,1-2H3/t23-/m0/s1. The number of aryl methyl sites for hydroxylation is 1. The average Bonchev–Trinajstić information content (AvgIpc) is 3.66. The molecule has 1 saturated carbocycles. The molecule has 0 spiro atoms. The lowest BCUT2D eigenvalue weighted by molar-refractivity contribution is -0.137. The Balaban J connectivity index is 1.58. The van der Waals surface area contributed by atoms with Crippen LogP contribution in [0, 0.1) is 18.6 Å². The van der Waals surface area contributed by atoms with E-state index in [0.29, 0.717) is 30.2 Å². The molecule has 1 fully saturated rings. The second-order valence-corrected chi connectivity index (χ2v) is 12.1. The SMILES string of the molecule is Cc1cc(C(F)(F)F)cc(N2c3ccc(NS(=O)(=O)C4CC4)cc3C[C@H]2C(=O)N(C)c2cc(Cl)c(F)cc2F)n1. The van der Waals surface area contributed by atoms with E-state index in [4.69, 9.17) is 11.6 Å². The van der Waals surface area contributed by atoms with Crippen LogP contribution in [-0.2, 0) is 27.4 Å². The summed E-state index contributed by atoms with van der Waals surface area (Å²) in [7, 11) is -2.37. The molecule has 0 radical (unpaired) electrons. The number of rotatable bonds is 6. The smallest absolute Gasteiger partial charge is 0.313 e. The normalized spacial score (nSPS) is 17.1. The number of hydrogen-bond acceptors (Lipinski definition) is 5. The molecule has 7 nitrogen and oxygen atoms in total. The molecule has 2 heterocycles. The molecule has 1 aliphatic heterocycles. The summed E-state index contributed by atoms with van der Waals surface area (Å²) in [5.41, 5.74) is -0.256. The van der Waals surface area contributed by atoms with Gasteiger partial charge in [0.2, 0.25) is 15.9 Å². The van der Waals surface area contributed by atoms with Crippen LogP contribution in [0.1, 0.15) is 29.7 Å². The zero-order chi connectivity index (χ0) is 29.1. The number of halogens is 6. The fourth-order valence-electron chi connectivity index (χ4n) is 4.67. The molecule has 0 unspecified atom stereocenters. The predicted octanol–water partition coefficient (Wildman–Crippen LogP) is 5.97. The molecule has 1 atom stereocenters. The monoisotopic (exact) mass is 600 g/mol. The van der Waals surface area contributed by atoms with Gasteiger partial charge in [0.1, 0.15) is 23.5 Å². The highest BCUT2D eigenvalue weighted by Crippen LogP contribution is 2.42. The third-order valence-corrected chi connectivity index (χ3v) is 8.93. The number of anilines is 4. The number of pyridine rings is 1. The number of nitrogens with zero attached hydrogens (tertiary/aromatic N) is 3. The molecule has 5 rings (SSSR count). The van der Waals surface area contributed by atoms with Crippen molar-refractivity contribution >= 4 is 50.4 Å². The molecule has 1 aliphatic carbocycles. The maximum absolute atomic E-state index is 14.6. The van der Waals surface area contributed by atoms with Crippen molar-refractivity contribution < 1.29 is 35.2 Å². The van der Waals surface area contributed by atoms with Crippen LogP contribution in [0.2, 0.25) is 5.02 Å². The van der Waals surface area contributed by atoms with Gasteiger partial charge in [-0.2, -0.15) is 13.2 Å². The Labute approximate surface area is 231 Å². The minimum atomic E-state index is -4.69. The molecule has 1 N–H and O–H groups in total. The molecule has 3 aromatic rings. The number of amides is 1. The predicted molar refractivity (Wildman–Crippen MR) is 140 cm³/mol. The topological polar surface area (TPSA) is 82.6 Å². The van der Waals surface area contributed by atoms with Crippen LogP contribution in [-0.4, -0.2) is 37.6 Å². The third-order valence-electron chi connectivity index (χ3n) is 6.77. The Bertz CT molecular complexity index is 1630. The molecule has 2 aromatic carbocycles. The average molecular weight is 601 g/mol. The van der Waals surface area contributed by atoms with Crippen LogP contribution < -0.4 is 14.5 Å². The molecule has 1 aromatic heterocycles. The highest BCUT2D eigenvalue weighted by molar-refractivity contribution is 7.93. The van der Waals surface area contributed by atoms with Crippen molar-refractivity contribution in [3.63, 3.8) is 0 Å². The Morgan fingerprint density at radius 1 is 1.10 bits per heavy atom. The van der Waals surface area contributed by atoms with Gasteiger partial charge in [-0.25, -0.2) is 22.2 Å². The fourth-order valence-corrected chi connectivity index (χ4v) is 6.21. The molecule has 2 aliphatic rings. The van der Waals surface area contributed by atoms with Crippen LogP contribution in [0.25, 0.3) is 0 Å². The van der Waals surface area contributed by atoms with Gasteiger partial charge in [0, 0.05) is 36.6 Å². The van der Waals surface area contributed by atoms with E-state index in [2.05, 4.69) is 9.71 Å². The van der Waals surface area contributed by atoms with Crippen LogP contribution >= 0.6 is 11.6 Å². The third kappa shape index (κ3) is 5.31. The minimum absolute atomic E-state index is 0.0444. The first-order valence-electron chi connectivity index (χ1n) is 12.1. The number of nitrogens with one attached hydrogen (secondary N) is 1. The summed E-state index contributed by atoms with van der Waals surface area (Å²) in [6.07, 6.45) is -3.67. The second kappa shape index (κ2) is 9.88. The molecule has 0 saturated heterocycles. The van der Waals surface area contributed by atoms with Gasteiger partial charge in [-0.3, -0.25) is 9.52 Å². The van der Waals surface area contributed by atoms with Crippen LogP contribution in [0.4, 0.5) is 44.8 Å². The number of likely N-dealkylation sites (N-methyl/N-ethyl adjacent to an activating group) is 1. The number of alkyl halides is 3. The van der Waals surface area contributed by atoms with Gasteiger partial charge >= 0.3 is 6.18 Å². The van der Waals surface area contributed by atoms with E-state index in [1.807, 2.05) is 0 Å². The zero-order valence-corrected chi connectivity index (χ0v) is 22.6. The Morgan fingerprint density at radius 3 is 2.45 bits per heavy atom. The number of carbonyl (C=O) groups is 1. The molecule has 1 amide bonds. The first-order valence-corrected chi connectivity index (χ1v) is 14.0. The maximum Gasteiger partial charge on any atom is 0.416 e. The van der Waals surface area contributed by atoms with Gasteiger partial charge in [-0.05, 0) is 61.7 Å². The summed E-state index contributed by atoms with van der Waals surface area (Å²) >= 11 is 5.80. The van der Waals surface area contributed by atoms with Crippen molar-refractivity contribution in [2.45, 2.75) is 43.7 Å². The lowest BCUT2D eigenvalue weighted by Gasteiger charge is -2.30. The maximum atomic E-state index is 14.6. The molecule has 0 bridgehead atoms.